The van der Waals surface area contributed by atoms with Crippen molar-refractivity contribution in [1.29, 1.82) is 0 Å². The first-order chi connectivity index (χ1) is 9.08. The van der Waals surface area contributed by atoms with Gasteiger partial charge in [0.1, 0.15) is 12.1 Å². The van der Waals surface area contributed by atoms with E-state index in [0.29, 0.717) is 13.0 Å². The van der Waals surface area contributed by atoms with Crippen LogP contribution >= 0.6 is 27.3 Å². The molecule has 5 nitrogen and oxygen atoms in total. The maximum atomic E-state index is 11.9. The first-order valence-electron chi connectivity index (χ1n) is 5.94. The molecule has 2 heterocycles. The van der Waals surface area contributed by atoms with E-state index < -0.39 is 18.1 Å². The summed E-state index contributed by atoms with van der Waals surface area (Å²) < 4.78 is 6.11. The lowest BCUT2D eigenvalue weighted by Gasteiger charge is -2.16. The molecule has 2 rings (SSSR count). The van der Waals surface area contributed by atoms with Crippen molar-refractivity contribution >= 4 is 39.1 Å². The van der Waals surface area contributed by atoms with Gasteiger partial charge >= 0.3 is 5.97 Å². The summed E-state index contributed by atoms with van der Waals surface area (Å²) in [5, 5.41) is 13.6. The van der Waals surface area contributed by atoms with Gasteiger partial charge in [0.05, 0.1) is 0 Å². The molecule has 1 aromatic heterocycles. The third-order valence-corrected chi connectivity index (χ3v) is 4.87. The van der Waals surface area contributed by atoms with Crippen molar-refractivity contribution < 1.29 is 19.4 Å². The van der Waals surface area contributed by atoms with E-state index in [1.165, 1.54) is 11.3 Å². The fourth-order valence-electron chi connectivity index (χ4n) is 1.91. The fraction of sp³-hybridized carbons (Fsp3) is 0.500. The Morgan fingerprint density at radius 3 is 2.95 bits per heavy atom. The van der Waals surface area contributed by atoms with E-state index in [-0.39, 0.29) is 12.3 Å². The molecule has 0 unspecified atom stereocenters. The van der Waals surface area contributed by atoms with Gasteiger partial charge < -0.3 is 15.2 Å². The normalized spacial score (nSPS) is 20.2. The SMILES string of the molecule is O=C(O)[C@H](Cc1sccc1Br)NC(=O)[C@@H]1CCCO1. The molecule has 1 saturated heterocycles. The van der Waals surface area contributed by atoms with E-state index >= 15 is 0 Å². The van der Waals surface area contributed by atoms with Crippen molar-refractivity contribution in [3.63, 3.8) is 0 Å². The molecule has 0 saturated carbocycles. The zero-order valence-electron chi connectivity index (χ0n) is 10.1. The molecule has 0 radical (unpaired) electrons. The van der Waals surface area contributed by atoms with Crippen molar-refractivity contribution in [3.05, 3.63) is 20.8 Å². The highest BCUT2D eigenvalue weighted by molar-refractivity contribution is 9.10. The lowest BCUT2D eigenvalue weighted by atomic mass is 10.1. The van der Waals surface area contributed by atoms with E-state index in [1.54, 1.807) is 0 Å². The molecule has 1 fully saturated rings. The number of nitrogens with one attached hydrogen (secondary N) is 1. The Morgan fingerprint density at radius 2 is 2.42 bits per heavy atom. The molecule has 0 spiro atoms. The second-order valence-electron chi connectivity index (χ2n) is 4.30. The van der Waals surface area contributed by atoms with Crippen LogP contribution < -0.4 is 5.32 Å². The van der Waals surface area contributed by atoms with Crippen LogP contribution in [0.5, 0.6) is 0 Å². The quantitative estimate of drug-likeness (QED) is 0.851. The second-order valence-corrected chi connectivity index (χ2v) is 6.15. The number of amides is 1. The second kappa shape index (κ2) is 6.49. The molecule has 2 atom stereocenters. The molecule has 19 heavy (non-hydrogen) atoms. The van der Waals surface area contributed by atoms with Crippen LogP contribution in [0, 0.1) is 0 Å². The number of carboxylic acid groups (broad SMARTS) is 1. The van der Waals surface area contributed by atoms with Crippen LogP contribution in [0.25, 0.3) is 0 Å². The lowest BCUT2D eigenvalue weighted by molar-refractivity contribution is -0.143. The average Bonchev–Trinajstić information content (AvgIpc) is 3.00. The Balaban J connectivity index is 1.98. The average molecular weight is 348 g/mol. The van der Waals surface area contributed by atoms with E-state index in [4.69, 9.17) is 4.74 Å². The molecule has 1 amide bonds. The largest absolute Gasteiger partial charge is 0.480 e. The van der Waals surface area contributed by atoms with Crippen molar-refractivity contribution in [2.75, 3.05) is 6.61 Å². The Morgan fingerprint density at radius 1 is 1.63 bits per heavy atom. The first-order valence-corrected chi connectivity index (χ1v) is 7.62. The first kappa shape index (κ1) is 14.5. The van der Waals surface area contributed by atoms with Crippen molar-refractivity contribution in [1.82, 2.24) is 5.32 Å². The standard InChI is InChI=1S/C12H14BrNO4S/c13-7-3-5-19-10(7)6-8(12(16)17)14-11(15)9-2-1-4-18-9/h3,5,8-9H,1-2,4,6H2,(H,14,15)(H,16,17)/t8-,9-/m0/s1. The molecule has 104 valence electrons. The van der Waals surface area contributed by atoms with Crippen LogP contribution in [0.2, 0.25) is 0 Å². The van der Waals surface area contributed by atoms with E-state index in [1.807, 2.05) is 11.4 Å². The molecule has 1 aliphatic heterocycles. The summed E-state index contributed by atoms with van der Waals surface area (Å²) in [6.07, 6.45) is 1.26. The van der Waals surface area contributed by atoms with E-state index in [0.717, 1.165) is 15.8 Å². The Kier molecular flexibility index (Phi) is 4.95. The molecular weight excluding hydrogens is 334 g/mol. The number of hydrogen-bond donors (Lipinski definition) is 2. The summed E-state index contributed by atoms with van der Waals surface area (Å²) in [7, 11) is 0. The molecule has 1 aromatic rings. The van der Waals surface area contributed by atoms with Gasteiger partial charge in [0.2, 0.25) is 5.91 Å². The molecule has 0 bridgehead atoms. The molecule has 7 heteroatoms. The molecule has 2 N–H and O–H groups in total. The maximum Gasteiger partial charge on any atom is 0.326 e. The number of carbonyl (C=O) groups is 2. The number of aliphatic carboxylic acids is 1. The Hall–Kier alpha value is -0.920. The number of hydrogen-bond acceptors (Lipinski definition) is 4. The monoisotopic (exact) mass is 347 g/mol. The van der Waals surface area contributed by atoms with Crippen molar-refractivity contribution in [2.24, 2.45) is 0 Å². The van der Waals surface area contributed by atoms with Crippen LogP contribution in [0.15, 0.2) is 15.9 Å². The van der Waals surface area contributed by atoms with Gasteiger partial charge in [-0.05, 0) is 40.2 Å². The van der Waals surface area contributed by atoms with Gasteiger partial charge in [-0.2, -0.15) is 0 Å². The highest BCUT2D eigenvalue weighted by atomic mass is 79.9. The summed E-state index contributed by atoms with van der Waals surface area (Å²) in [6, 6.07) is 0.938. The topological polar surface area (TPSA) is 75.6 Å². The van der Waals surface area contributed by atoms with Gasteiger partial charge in [0.25, 0.3) is 0 Å². The number of ether oxygens (including phenoxy) is 1. The fourth-order valence-corrected chi connectivity index (χ4v) is 3.47. The van der Waals surface area contributed by atoms with Gasteiger partial charge in [0.15, 0.2) is 0 Å². The summed E-state index contributed by atoms with van der Waals surface area (Å²) in [6.45, 7) is 0.562. The summed E-state index contributed by atoms with van der Waals surface area (Å²) in [4.78, 5) is 24.0. The number of thiophene rings is 1. The summed E-state index contributed by atoms with van der Waals surface area (Å²) in [5.41, 5.74) is 0. The predicted octanol–water partition coefficient (Wildman–Crippen LogP) is 1.80. The molecule has 0 aromatic carbocycles. The maximum absolute atomic E-state index is 11.9. The number of carboxylic acids is 1. The van der Waals surface area contributed by atoms with Gasteiger partial charge in [-0.15, -0.1) is 11.3 Å². The third-order valence-electron chi connectivity index (χ3n) is 2.92. The van der Waals surface area contributed by atoms with Crippen molar-refractivity contribution in [3.8, 4) is 0 Å². The van der Waals surface area contributed by atoms with Crippen LogP contribution in [0.3, 0.4) is 0 Å². The smallest absolute Gasteiger partial charge is 0.326 e. The summed E-state index contributed by atoms with van der Waals surface area (Å²) >= 11 is 4.82. The van der Waals surface area contributed by atoms with Gasteiger partial charge in [-0.1, -0.05) is 0 Å². The zero-order chi connectivity index (χ0) is 13.8. The molecule has 1 aliphatic rings. The minimum atomic E-state index is -1.04. The van der Waals surface area contributed by atoms with Gasteiger partial charge in [0, 0.05) is 22.4 Å². The number of carbonyl (C=O) groups excluding carboxylic acids is 1. The summed E-state index contributed by atoms with van der Waals surface area (Å²) in [5.74, 6) is -1.37. The zero-order valence-corrected chi connectivity index (χ0v) is 12.5. The minimum absolute atomic E-state index is 0.270. The van der Waals surface area contributed by atoms with Crippen molar-refractivity contribution in [2.45, 2.75) is 31.4 Å². The van der Waals surface area contributed by atoms with Crippen LogP contribution in [0.1, 0.15) is 17.7 Å². The molecule has 0 aliphatic carbocycles. The highest BCUT2D eigenvalue weighted by Gasteiger charge is 2.28. The minimum Gasteiger partial charge on any atom is -0.480 e. The molecular formula is C12H14BrNO4S. The van der Waals surface area contributed by atoms with Crippen LogP contribution in [0.4, 0.5) is 0 Å². The Bertz CT molecular complexity index is 470. The number of rotatable bonds is 5. The lowest BCUT2D eigenvalue weighted by Crippen LogP contribution is -2.46. The van der Waals surface area contributed by atoms with Crippen LogP contribution in [-0.2, 0) is 20.7 Å². The predicted molar refractivity (Wildman–Crippen MR) is 74.3 cm³/mol. The van der Waals surface area contributed by atoms with Gasteiger partial charge in [-0.25, -0.2) is 4.79 Å². The Labute approximate surface area is 123 Å². The van der Waals surface area contributed by atoms with Crippen LogP contribution in [-0.4, -0.2) is 35.7 Å². The highest BCUT2D eigenvalue weighted by Crippen LogP contribution is 2.24. The third kappa shape index (κ3) is 3.77. The van der Waals surface area contributed by atoms with E-state index in [9.17, 15) is 14.7 Å². The van der Waals surface area contributed by atoms with E-state index in [2.05, 4.69) is 21.2 Å². The number of halogens is 1. The van der Waals surface area contributed by atoms with Gasteiger partial charge in [-0.3, -0.25) is 4.79 Å².